The molecule has 0 saturated heterocycles. The molecule has 0 bridgehead atoms. The average molecular weight is 438 g/mol. The van der Waals surface area contributed by atoms with E-state index in [9.17, 15) is 4.79 Å². The standard InChI is InChI=1S/C27H23N3OS/c1-2-24-29-26-25(21-13-7-8-14-23(21)32-26)27(31)30(24)28-16-22-19-11-5-3-9-17(19)15-18-10-4-6-12-20(18)22/h3-6,9-12,15-16H,2,7-8,13-14H2,1H3/b28-16-. The van der Waals surface area contributed by atoms with Crippen LogP contribution in [0.15, 0.2) is 64.5 Å². The van der Waals surface area contributed by atoms with Crippen LogP contribution in [0.3, 0.4) is 0 Å². The van der Waals surface area contributed by atoms with Gasteiger partial charge in [0.15, 0.2) is 0 Å². The van der Waals surface area contributed by atoms with Crippen molar-refractivity contribution in [2.75, 3.05) is 0 Å². The minimum Gasteiger partial charge on any atom is -0.267 e. The molecule has 32 heavy (non-hydrogen) atoms. The molecule has 0 saturated carbocycles. The predicted octanol–water partition coefficient (Wildman–Crippen LogP) is 6.09. The molecule has 0 N–H and O–H groups in total. The van der Waals surface area contributed by atoms with Crippen molar-refractivity contribution in [3.63, 3.8) is 0 Å². The molecule has 5 aromatic rings. The number of aryl methyl sites for hydroxylation is 3. The van der Waals surface area contributed by atoms with Crippen molar-refractivity contribution in [3.05, 3.63) is 86.8 Å². The molecule has 158 valence electrons. The highest BCUT2D eigenvalue weighted by molar-refractivity contribution is 7.18. The number of benzene rings is 3. The summed E-state index contributed by atoms with van der Waals surface area (Å²) in [6.07, 6.45) is 6.86. The number of fused-ring (bicyclic) bond motifs is 5. The second-order valence-electron chi connectivity index (χ2n) is 8.37. The Morgan fingerprint density at radius 1 is 1.03 bits per heavy atom. The number of thiophene rings is 1. The van der Waals surface area contributed by atoms with E-state index in [2.05, 4.69) is 42.5 Å². The molecule has 1 aliphatic rings. The van der Waals surface area contributed by atoms with Crippen molar-refractivity contribution in [1.29, 1.82) is 0 Å². The molecular weight excluding hydrogens is 414 g/mol. The molecule has 0 fully saturated rings. The third kappa shape index (κ3) is 3.00. The molecule has 0 atom stereocenters. The van der Waals surface area contributed by atoms with Crippen LogP contribution in [0.5, 0.6) is 0 Å². The van der Waals surface area contributed by atoms with Crippen molar-refractivity contribution < 1.29 is 0 Å². The molecular formula is C27H23N3OS. The normalized spacial score (nSPS) is 14.0. The lowest BCUT2D eigenvalue weighted by Crippen LogP contribution is -2.22. The van der Waals surface area contributed by atoms with Gasteiger partial charge in [-0.1, -0.05) is 55.5 Å². The lowest BCUT2D eigenvalue weighted by atomic mass is 9.97. The lowest BCUT2D eigenvalue weighted by Gasteiger charge is -2.11. The fourth-order valence-corrected chi connectivity index (χ4v) is 6.16. The monoisotopic (exact) mass is 437 g/mol. The topological polar surface area (TPSA) is 47.2 Å². The molecule has 3 aromatic carbocycles. The van der Waals surface area contributed by atoms with Crippen molar-refractivity contribution in [3.8, 4) is 0 Å². The van der Waals surface area contributed by atoms with E-state index in [-0.39, 0.29) is 5.56 Å². The Hall–Kier alpha value is -3.31. The zero-order valence-electron chi connectivity index (χ0n) is 18.0. The number of rotatable bonds is 3. The minimum atomic E-state index is -0.0351. The minimum absolute atomic E-state index is 0.0351. The van der Waals surface area contributed by atoms with E-state index in [0.717, 1.165) is 56.6 Å². The highest BCUT2D eigenvalue weighted by Crippen LogP contribution is 2.34. The Kier molecular flexibility index (Phi) is 4.65. The molecule has 2 heterocycles. The van der Waals surface area contributed by atoms with Crippen molar-refractivity contribution in [2.45, 2.75) is 39.0 Å². The highest BCUT2D eigenvalue weighted by atomic mass is 32.1. The third-order valence-corrected chi connectivity index (χ3v) is 7.65. The summed E-state index contributed by atoms with van der Waals surface area (Å²) in [4.78, 5) is 20.7. The van der Waals surface area contributed by atoms with E-state index in [4.69, 9.17) is 10.1 Å². The highest BCUT2D eigenvalue weighted by Gasteiger charge is 2.21. The quantitative estimate of drug-likeness (QED) is 0.253. The van der Waals surface area contributed by atoms with Crippen molar-refractivity contribution in [2.24, 2.45) is 5.10 Å². The SMILES string of the molecule is CCc1nc2sc3c(c2c(=O)n1/N=C\c1c2ccccc2cc2ccccc12)CCCC3. The van der Waals surface area contributed by atoms with Gasteiger partial charge in [-0.2, -0.15) is 9.78 Å². The van der Waals surface area contributed by atoms with Crippen LogP contribution >= 0.6 is 11.3 Å². The Labute approximate surface area is 189 Å². The zero-order valence-corrected chi connectivity index (χ0v) is 18.8. The summed E-state index contributed by atoms with van der Waals surface area (Å²) in [5.41, 5.74) is 2.20. The van der Waals surface area contributed by atoms with Gasteiger partial charge in [0.2, 0.25) is 0 Å². The maximum absolute atomic E-state index is 13.6. The Morgan fingerprint density at radius 3 is 2.44 bits per heavy atom. The first-order chi connectivity index (χ1) is 15.7. The molecule has 0 radical (unpaired) electrons. The van der Waals surface area contributed by atoms with Gasteiger partial charge in [-0.25, -0.2) is 4.98 Å². The predicted molar refractivity (Wildman–Crippen MR) is 134 cm³/mol. The van der Waals surface area contributed by atoms with Crippen LogP contribution in [0.2, 0.25) is 0 Å². The molecule has 6 rings (SSSR count). The average Bonchev–Trinajstić information content (AvgIpc) is 3.21. The maximum atomic E-state index is 13.6. The molecule has 0 amide bonds. The van der Waals surface area contributed by atoms with Crippen molar-refractivity contribution in [1.82, 2.24) is 9.66 Å². The zero-order chi connectivity index (χ0) is 21.7. The third-order valence-electron chi connectivity index (χ3n) is 6.47. The van der Waals surface area contributed by atoms with E-state index in [1.54, 1.807) is 11.3 Å². The van der Waals surface area contributed by atoms with Crippen LogP contribution in [0.4, 0.5) is 0 Å². The summed E-state index contributed by atoms with van der Waals surface area (Å²) in [5, 5.41) is 10.1. The van der Waals surface area contributed by atoms with E-state index in [1.807, 2.05) is 25.3 Å². The van der Waals surface area contributed by atoms with E-state index < -0.39 is 0 Å². The first kappa shape index (κ1) is 19.4. The first-order valence-corrected chi connectivity index (χ1v) is 12.1. The number of hydrogen-bond donors (Lipinski definition) is 0. The van der Waals surface area contributed by atoms with Gasteiger partial charge in [0.05, 0.1) is 11.6 Å². The largest absolute Gasteiger partial charge is 0.283 e. The summed E-state index contributed by atoms with van der Waals surface area (Å²) in [6, 6.07) is 18.9. The fourth-order valence-electron chi connectivity index (χ4n) is 4.89. The van der Waals surface area contributed by atoms with Crippen LogP contribution in [0.25, 0.3) is 31.8 Å². The fraction of sp³-hybridized carbons (Fsp3) is 0.222. The molecule has 2 aromatic heterocycles. The van der Waals surface area contributed by atoms with E-state index in [0.29, 0.717) is 12.2 Å². The summed E-state index contributed by atoms with van der Waals surface area (Å²) < 4.78 is 1.53. The van der Waals surface area contributed by atoms with Crippen LogP contribution in [0, 0.1) is 0 Å². The van der Waals surface area contributed by atoms with E-state index in [1.165, 1.54) is 21.5 Å². The van der Waals surface area contributed by atoms with Crippen LogP contribution in [0.1, 0.15) is 41.6 Å². The van der Waals surface area contributed by atoms with Gasteiger partial charge in [-0.05, 0) is 58.9 Å². The maximum Gasteiger partial charge on any atom is 0.283 e. The van der Waals surface area contributed by atoms with Gasteiger partial charge >= 0.3 is 0 Å². The Morgan fingerprint density at radius 2 is 1.72 bits per heavy atom. The Balaban J connectivity index is 1.60. The lowest BCUT2D eigenvalue weighted by molar-refractivity contribution is 0.696. The van der Waals surface area contributed by atoms with Crippen LogP contribution in [-0.4, -0.2) is 15.9 Å². The van der Waals surface area contributed by atoms with Crippen LogP contribution < -0.4 is 5.56 Å². The molecule has 5 heteroatoms. The summed E-state index contributed by atoms with van der Waals surface area (Å²) >= 11 is 1.69. The summed E-state index contributed by atoms with van der Waals surface area (Å²) in [7, 11) is 0. The van der Waals surface area contributed by atoms with Gasteiger partial charge in [-0.3, -0.25) is 4.79 Å². The number of nitrogens with zero attached hydrogens (tertiary/aromatic N) is 3. The smallest absolute Gasteiger partial charge is 0.267 e. The van der Waals surface area contributed by atoms with Gasteiger partial charge in [0.25, 0.3) is 5.56 Å². The van der Waals surface area contributed by atoms with Gasteiger partial charge in [-0.15, -0.1) is 11.3 Å². The Bertz CT molecular complexity index is 1540. The van der Waals surface area contributed by atoms with Gasteiger partial charge in [0.1, 0.15) is 10.7 Å². The molecule has 0 unspecified atom stereocenters. The number of hydrogen-bond acceptors (Lipinski definition) is 4. The second kappa shape index (κ2) is 7.68. The summed E-state index contributed by atoms with van der Waals surface area (Å²) in [5.74, 6) is 0.710. The van der Waals surface area contributed by atoms with Crippen LogP contribution in [-0.2, 0) is 19.3 Å². The molecule has 4 nitrogen and oxygen atoms in total. The summed E-state index contributed by atoms with van der Waals surface area (Å²) in [6.45, 7) is 2.03. The number of aromatic nitrogens is 2. The second-order valence-corrected chi connectivity index (χ2v) is 9.45. The molecule has 1 aliphatic carbocycles. The van der Waals surface area contributed by atoms with Crippen molar-refractivity contribution >= 4 is 49.3 Å². The molecule has 0 spiro atoms. The van der Waals surface area contributed by atoms with Gasteiger partial charge < -0.3 is 0 Å². The first-order valence-electron chi connectivity index (χ1n) is 11.3. The van der Waals surface area contributed by atoms with E-state index >= 15 is 0 Å². The molecule has 0 aliphatic heterocycles. The van der Waals surface area contributed by atoms with Gasteiger partial charge in [0, 0.05) is 16.9 Å².